The molecule has 0 fully saturated rings. The van der Waals surface area contributed by atoms with Gasteiger partial charge < -0.3 is 19.8 Å². The van der Waals surface area contributed by atoms with Crippen molar-refractivity contribution in [3.05, 3.63) is 33.2 Å². The molecule has 0 aliphatic carbocycles. The molecule has 1 aromatic carbocycles. The SMILES string of the molecule is Cc1c(C)c(O)c(/C=C/COC(=O)CCCCON=O)c(C)c1O. The van der Waals surface area contributed by atoms with Crippen LogP contribution >= 0.6 is 0 Å². The predicted molar refractivity (Wildman–Crippen MR) is 89.6 cm³/mol. The highest BCUT2D eigenvalue weighted by Crippen LogP contribution is 2.36. The number of hydrogen-bond donors (Lipinski definition) is 2. The van der Waals surface area contributed by atoms with E-state index in [0.29, 0.717) is 35.1 Å². The molecule has 7 nitrogen and oxygen atoms in total. The summed E-state index contributed by atoms with van der Waals surface area (Å²) in [6, 6.07) is 0. The summed E-state index contributed by atoms with van der Waals surface area (Å²) in [5, 5.41) is 22.5. The molecule has 0 heterocycles. The molecule has 1 rings (SSSR count). The summed E-state index contributed by atoms with van der Waals surface area (Å²) >= 11 is 0. The van der Waals surface area contributed by atoms with Gasteiger partial charge >= 0.3 is 5.97 Å². The third-order valence-electron chi connectivity index (χ3n) is 3.83. The number of phenolic OH excluding ortho intramolecular Hbond substituents is 2. The smallest absolute Gasteiger partial charge is 0.306 e. The van der Waals surface area contributed by atoms with Crippen LogP contribution in [0.1, 0.15) is 41.5 Å². The third kappa shape index (κ3) is 5.26. The lowest BCUT2D eigenvalue weighted by molar-refractivity contribution is -0.142. The third-order valence-corrected chi connectivity index (χ3v) is 3.83. The first-order chi connectivity index (χ1) is 11.4. The summed E-state index contributed by atoms with van der Waals surface area (Å²) < 4.78 is 5.04. The summed E-state index contributed by atoms with van der Waals surface area (Å²) in [6.45, 7) is 5.43. The van der Waals surface area contributed by atoms with Gasteiger partial charge in [0.2, 0.25) is 0 Å². The van der Waals surface area contributed by atoms with Crippen LogP contribution in [0.25, 0.3) is 6.08 Å². The maximum atomic E-state index is 11.5. The van der Waals surface area contributed by atoms with Crippen LogP contribution in [0, 0.1) is 25.7 Å². The average molecular weight is 337 g/mol. The molecular formula is C17H23NO6. The number of carbonyl (C=O) groups excluding carboxylic acids is 1. The Balaban J connectivity index is 2.51. The van der Waals surface area contributed by atoms with Crippen LogP contribution in [0.3, 0.4) is 0 Å². The minimum absolute atomic E-state index is 0.0673. The number of hydrogen-bond acceptors (Lipinski definition) is 7. The summed E-state index contributed by atoms with van der Waals surface area (Å²) in [5.74, 6) is -0.106. The molecule has 7 heteroatoms. The number of rotatable bonds is 9. The zero-order valence-corrected chi connectivity index (χ0v) is 14.2. The van der Waals surface area contributed by atoms with Gasteiger partial charge in [-0.05, 0) is 50.8 Å². The average Bonchev–Trinajstić information content (AvgIpc) is 2.57. The molecule has 2 N–H and O–H groups in total. The van der Waals surface area contributed by atoms with Crippen molar-refractivity contribution in [2.24, 2.45) is 5.34 Å². The highest BCUT2D eigenvalue weighted by Gasteiger charge is 2.14. The van der Waals surface area contributed by atoms with E-state index in [-0.39, 0.29) is 37.1 Å². The minimum Gasteiger partial charge on any atom is -0.507 e. The van der Waals surface area contributed by atoms with E-state index in [0.717, 1.165) is 0 Å². The summed E-state index contributed by atoms with van der Waals surface area (Å²) in [6.07, 6.45) is 4.54. The molecule has 0 atom stereocenters. The predicted octanol–water partition coefficient (Wildman–Crippen LogP) is 3.45. The first kappa shape index (κ1) is 19.5. The number of esters is 1. The van der Waals surface area contributed by atoms with Crippen LogP contribution in [0.15, 0.2) is 11.4 Å². The fourth-order valence-electron chi connectivity index (χ4n) is 2.20. The Labute approximate surface area is 140 Å². The second-order valence-corrected chi connectivity index (χ2v) is 5.44. The monoisotopic (exact) mass is 337 g/mol. The van der Waals surface area contributed by atoms with Crippen LogP contribution in [0.5, 0.6) is 11.5 Å². The molecule has 1 aromatic rings. The molecule has 24 heavy (non-hydrogen) atoms. The van der Waals surface area contributed by atoms with Gasteiger partial charge in [0.1, 0.15) is 24.7 Å². The number of unbranched alkanes of at least 4 members (excludes halogenated alkanes) is 1. The molecule has 0 amide bonds. The van der Waals surface area contributed by atoms with Gasteiger partial charge in [0.25, 0.3) is 0 Å². The summed E-state index contributed by atoms with van der Waals surface area (Å²) in [5.41, 5.74) is 2.33. The van der Waals surface area contributed by atoms with Crippen LogP contribution < -0.4 is 0 Å². The highest BCUT2D eigenvalue weighted by molar-refractivity contribution is 5.70. The van der Waals surface area contributed by atoms with E-state index in [2.05, 4.69) is 10.2 Å². The first-order valence-electron chi connectivity index (χ1n) is 7.68. The number of phenols is 2. The lowest BCUT2D eigenvalue weighted by atomic mass is 9.97. The molecule has 0 saturated carbocycles. The molecule has 0 aliphatic rings. The maximum absolute atomic E-state index is 11.5. The van der Waals surface area contributed by atoms with Crippen molar-refractivity contribution in [2.75, 3.05) is 13.2 Å². The van der Waals surface area contributed by atoms with Crippen LogP contribution in [-0.2, 0) is 14.4 Å². The lowest BCUT2D eigenvalue weighted by Crippen LogP contribution is -2.04. The number of nitrogens with zero attached hydrogens (tertiary/aromatic N) is 1. The van der Waals surface area contributed by atoms with Gasteiger partial charge in [-0.2, -0.15) is 0 Å². The van der Waals surface area contributed by atoms with E-state index < -0.39 is 0 Å². The van der Waals surface area contributed by atoms with Crippen LogP contribution in [0.4, 0.5) is 0 Å². The van der Waals surface area contributed by atoms with Gasteiger partial charge in [-0.1, -0.05) is 6.08 Å². The van der Waals surface area contributed by atoms with Gasteiger partial charge in [0.05, 0.1) is 0 Å². The first-order valence-corrected chi connectivity index (χ1v) is 7.68. The molecule has 132 valence electrons. The van der Waals surface area contributed by atoms with Crippen molar-refractivity contribution in [3.63, 3.8) is 0 Å². The van der Waals surface area contributed by atoms with E-state index in [9.17, 15) is 19.9 Å². The molecular weight excluding hydrogens is 314 g/mol. The van der Waals surface area contributed by atoms with Crippen molar-refractivity contribution < 1.29 is 24.6 Å². The summed E-state index contributed by atoms with van der Waals surface area (Å²) in [7, 11) is 0. The van der Waals surface area contributed by atoms with Crippen molar-refractivity contribution in [1.82, 2.24) is 0 Å². The van der Waals surface area contributed by atoms with E-state index in [1.807, 2.05) is 0 Å². The number of carbonyl (C=O) groups is 1. The van der Waals surface area contributed by atoms with Crippen molar-refractivity contribution in [2.45, 2.75) is 40.0 Å². The van der Waals surface area contributed by atoms with Gasteiger partial charge in [0, 0.05) is 17.5 Å². The lowest BCUT2D eigenvalue weighted by Gasteiger charge is -2.13. The van der Waals surface area contributed by atoms with Crippen LogP contribution in [0.2, 0.25) is 0 Å². The van der Waals surface area contributed by atoms with E-state index in [1.165, 1.54) is 0 Å². The molecule has 0 bridgehead atoms. The molecule has 0 aromatic heterocycles. The second kappa shape index (κ2) is 9.54. The van der Waals surface area contributed by atoms with Crippen molar-refractivity contribution in [3.8, 4) is 11.5 Å². The quantitative estimate of drug-likeness (QED) is 0.235. The zero-order valence-electron chi connectivity index (χ0n) is 14.2. The van der Waals surface area contributed by atoms with E-state index in [4.69, 9.17) is 4.74 Å². The topological polar surface area (TPSA) is 105 Å². The zero-order chi connectivity index (χ0) is 18.1. The molecule has 0 spiro atoms. The minimum atomic E-state index is -0.359. The van der Waals surface area contributed by atoms with Gasteiger partial charge in [-0.3, -0.25) is 4.79 Å². The highest BCUT2D eigenvalue weighted by atomic mass is 16.7. The van der Waals surface area contributed by atoms with Gasteiger partial charge in [-0.15, -0.1) is 4.91 Å². The van der Waals surface area contributed by atoms with E-state index >= 15 is 0 Å². The Morgan fingerprint density at radius 3 is 2.42 bits per heavy atom. The molecule has 0 unspecified atom stereocenters. The fraction of sp³-hybridized carbons (Fsp3) is 0.471. The number of benzene rings is 1. The Morgan fingerprint density at radius 2 is 1.75 bits per heavy atom. The molecule has 0 radical (unpaired) electrons. The Bertz CT molecular complexity index is 595. The summed E-state index contributed by atoms with van der Waals surface area (Å²) in [4.78, 5) is 25.5. The Hall–Kier alpha value is -2.57. The number of aromatic hydroxyl groups is 2. The van der Waals surface area contributed by atoms with E-state index in [1.54, 1.807) is 32.9 Å². The van der Waals surface area contributed by atoms with Gasteiger partial charge in [0.15, 0.2) is 5.34 Å². The normalized spacial score (nSPS) is 10.8. The Morgan fingerprint density at radius 1 is 1.08 bits per heavy atom. The largest absolute Gasteiger partial charge is 0.507 e. The fourth-order valence-corrected chi connectivity index (χ4v) is 2.20. The number of ether oxygens (including phenoxy) is 1. The molecule has 0 aliphatic heterocycles. The van der Waals surface area contributed by atoms with Crippen molar-refractivity contribution in [1.29, 1.82) is 0 Å². The standard InChI is InChI=1S/C17H23NO6/c1-11-12(2)17(21)14(13(3)16(11)20)7-6-9-23-15(19)8-4-5-10-24-18-22/h6-7,20-21H,4-5,8-10H2,1-3H3/b7-6+. The van der Waals surface area contributed by atoms with Crippen molar-refractivity contribution >= 4 is 12.0 Å². The Kier molecular flexibility index (Phi) is 7.74. The van der Waals surface area contributed by atoms with Crippen LogP contribution in [-0.4, -0.2) is 29.4 Å². The second-order valence-electron chi connectivity index (χ2n) is 5.44. The maximum Gasteiger partial charge on any atom is 0.306 e. The van der Waals surface area contributed by atoms with Gasteiger partial charge in [-0.25, -0.2) is 0 Å². The molecule has 0 saturated heterocycles.